The van der Waals surface area contributed by atoms with Gasteiger partial charge in [-0.1, -0.05) is 36.7 Å². The van der Waals surface area contributed by atoms with Crippen molar-refractivity contribution in [2.45, 2.75) is 32.0 Å². The Kier molecular flexibility index (Phi) is 9.92. The van der Waals surface area contributed by atoms with E-state index in [4.69, 9.17) is 17.3 Å². The van der Waals surface area contributed by atoms with Gasteiger partial charge in [-0.05, 0) is 42.8 Å². The fraction of sp³-hybridized carbons (Fsp3) is 0.462. The molecule has 11 heteroatoms. The predicted octanol–water partition coefficient (Wildman–Crippen LogP) is 4.12. The van der Waals surface area contributed by atoms with Crippen molar-refractivity contribution in [2.75, 3.05) is 45.8 Å². The van der Waals surface area contributed by atoms with Gasteiger partial charge < -0.3 is 10.6 Å². The van der Waals surface area contributed by atoms with E-state index in [2.05, 4.69) is 0 Å². The normalized spacial score (nSPS) is 15.7. The van der Waals surface area contributed by atoms with Crippen LogP contribution in [-0.4, -0.2) is 72.3 Å². The standard InChI is InChI=1S/C26H31ClF4N4O2/c1-2-33(17-24(32)36)16-23(21-9-6-19(15-22(21)28)26(29,30)31)34-11-13-35(14-12-34)25(37)10-5-18-3-7-20(27)8-4-18/h3-4,6-9,15,23H,2,5,10-14,16-17H2,1H3,(H2,32,36). The van der Waals surface area contributed by atoms with Gasteiger partial charge in [-0.15, -0.1) is 0 Å². The molecule has 0 aliphatic carbocycles. The second-order valence-electron chi connectivity index (χ2n) is 9.09. The lowest BCUT2D eigenvalue weighted by atomic mass is 10.0. The Morgan fingerprint density at radius 1 is 1.08 bits per heavy atom. The van der Waals surface area contributed by atoms with Crippen LogP contribution in [0.15, 0.2) is 42.5 Å². The van der Waals surface area contributed by atoms with Crippen LogP contribution in [0.2, 0.25) is 5.02 Å². The fourth-order valence-electron chi connectivity index (χ4n) is 4.50. The predicted molar refractivity (Wildman–Crippen MR) is 133 cm³/mol. The van der Waals surface area contributed by atoms with E-state index < -0.39 is 29.5 Å². The van der Waals surface area contributed by atoms with Gasteiger partial charge in [0.25, 0.3) is 0 Å². The number of nitrogens with two attached hydrogens (primary N) is 1. The molecule has 1 aliphatic heterocycles. The van der Waals surface area contributed by atoms with Gasteiger partial charge in [0.15, 0.2) is 0 Å². The minimum Gasteiger partial charge on any atom is -0.369 e. The van der Waals surface area contributed by atoms with Crippen molar-refractivity contribution in [3.63, 3.8) is 0 Å². The summed E-state index contributed by atoms with van der Waals surface area (Å²) in [5, 5.41) is 0.628. The van der Waals surface area contributed by atoms with E-state index in [1.807, 2.05) is 24.0 Å². The zero-order chi connectivity index (χ0) is 27.2. The monoisotopic (exact) mass is 542 g/mol. The summed E-state index contributed by atoms with van der Waals surface area (Å²) in [6.07, 6.45) is -3.75. The summed E-state index contributed by atoms with van der Waals surface area (Å²) in [6, 6.07) is 9.22. The van der Waals surface area contributed by atoms with Crippen molar-refractivity contribution in [2.24, 2.45) is 5.73 Å². The van der Waals surface area contributed by atoms with Crippen molar-refractivity contribution >= 4 is 23.4 Å². The summed E-state index contributed by atoms with van der Waals surface area (Å²) in [5.41, 5.74) is 5.40. The smallest absolute Gasteiger partial charge is 0.369 e. The first-order valence-electron chi connectivity index (χ1n) is 12.1. The fourth-order valence-corrected chi connectivity index (χ4v) is 4.62. The van der Waals surface area contributed by atoms with Gasteiger partial charge in [0, 0.05) is 49.7 Å². The van der Waals surface area contributed by atoms with Crippen molar-refractivity contribution in [3.05, 3.63) is 70.0 Å². The molecule has 1 heterocycles. The number of nitrogens with zero attached hydrogens (tertiary/aromatic N) is 3. The van der Waals surface area contributed by atoms with Crippen LogP contribution in [0.25, 0.3) is 0 Å². The molecule has 1 unspecified atom stereocenters. The van der Waals surface area contributed by atoms with E-state index in [1.54, 1.807) is 21.9 Å². The molecule has 202 valence electrons. The third-order valence-corrected chi connectivity index (χ3v) is 6.85. The first-order valence-corrected chi connectivity index (χ1v) is 12.5. The van der Waals surface area contributed by atoms with Crippen LogP contribution in [0.3, 0.4) is 0 Å². The van der Waals surface area contributed by atoms with E-state index >= 15 is 0 Å². The average molecular weight is 543 g/mol. The number of halogens is 5. The topological polar surface area (TPSA) is 69.9 Å². The molecular formula is C26H31ClF4N4O2. The van der Waals surface area contributed by atoms with Gasteiger partial charge in [0.2, 0.25) is 11.8 Å². The molecule has 1 fully saturated rings. The van der Waals surface area contributed by atoms with Gasteiger partial charge in [0.05, 0.1) is 18.2 Å². The number of piperazine rings is 1. The Bertz CT molecular complexity index is 1070. The Morgan fingerprint density at radius 3 is 2.27 bits per heavy atom. The Labute approximate surface area is 218 Å². The lowest BCUT2D eigenvalue weighted by molar-refractivity contribution is -0.137. The van der Waals surface area contributed by atoms with Crippen LogP contribution in [0, 0.1) is 5.82 Å². The van der Waals surface area contributed by atoms with E-state index in [0.29, 0.717) is 56.7 Å². The van der Waals surface area contributed by atoms with Gasteiger partial charge >= 0.3 is 6.18 Å². The zero-order valence-electron chi connectivity index (χ0n) is 20.6. The summed E-state index contributed by atoms with van der Waals surface area (Å²) in [7, 11) is 0. The van der Waals surface area contributed by atoms with Crippen molar-refractivity contribution in [3.8, 4) is 0 Å². The number of carbonyl (C=O) groups is 2. The van der Waals surface area contributed by atoms with Crippen LogP contribution in [0.1, 0.15) is 36.1 Å². The number of alkyl halides is 3. The quantitative estimate of drug-likeness (QED) is 0.459. The average Bonchev–Trinajstić information content (AvgIpc) is 2.85. The maximum absolute atomic E-state index is 15.0. The number of rotatable bonds is 10. The zero-order valence-corrected chi connectivity index (χ0v) is 21.4. The van der Waals surface area contributed by atoms with Crippen LogP contribution in [-0.2, 0) is 22.2 Å². The third kappa shape index (κ3) is 8.15. The number of hydrogen-bond donors (Lipinski definition) is 1. The molecular weight excluding hydrogens is 512 g/mol. The highest BCUT2D eigenvalue weighted by atomic mass is 35.5. The Balaban J connectivity index is 1.71. The van der Waals surface area contributed by atoms with Gasteiger partial charge in [-0.2, -0.15) is 13.2 Å². The molecule has 2 aromatic rings. The second-order valence-corrected chi connectivity index (χ2v) is 9.52. The van der Waals surface area contributed by atoms with Crippen molar-refractivity contribution < 1.29 is 27.2 Å². The molecule has 1 aliphatic rings. The van der Waals surface area contributed by atoms with E-state index in [-0.39, 0.29) is 24.6 Å². The summed E-state index contributed by atoms with van der Waals surface area (Å²) >= 11 is 5.90. The summed E-state index contributed by atoms with van der Waals surface area (Å²) in [4.78, 5) is 29.7. The van der Waals surface area contributed by atoms with Crippen molar-refractivity contribution in [1.82, 2.24) is 14.7 Å². The molecule has 0 spiro atoms. The maximum Gasteiger partial charge on any atom is 0.416 e. The number of primary amides is 1. The molecule has 0 bridgehead atoms. The van der Waals surface area contributed by atoms with E-state index in [1.165, 1.54) is 0 Å². The van der Waals surface area contributed by atoms with Crippen LogP contribution >= 0.6 is 11.6 Å². The van der Waals surface area contributed by atoms with Crippen LogP contribution in [0.4, 0.5) is 17.6 Å². The first-order chi connectivity index (χ1) is 17.5. The number of likely N-dealkylation sites (N-methyl/N-ethyl adjacent to an activating group) is 1. The molecule has 2 aromatic carbocycles. The molecule has 2 amide bonds. The SMILES string of the molecule is CCN(CC(N)=O)CC(c1ccc(C(F)(F)F)cc1F)N1CCN(C(=O)CCc2ccc(Cl)cc2)CC1. The highest BCUT2D eigenvalue weighted by Crippen LogP contribution is 2.33. The lowest BCUT2D eigenvalue weighted by Gasteiger charge is -2.41. The molecule has 37 heavy (non-hydrogen) atoms. The minimum atomic E-state index is -4.66. The summed E-state index contributed by atoms with van der Waals surface area (Å²) in [6.45, 7) is 4.04. The molecule has 0 radical (unpaired) electrons. The van der Waals surface area contributed by atoms with Gasteiger partial charge in [-0.25, -0.2) is 4.39 Å². The molecule has 6 nitrogen and oxygen atoms in total. The minimum absolute atomic E-state index is 0.00391. The van der Waals surface area contributed by atoms with Crippen LogP contribution in [0.5, 0.6) is 0 Å². The molecule has 1 atom stereocenters. The van der Waals surface area contributed by atoms with Gasteiger partial charge in [-0.3, -0.25) is 19.4 Å². The molecule has 0 aromatic heterocycles. The third-order valence-electron chi connectivity index (χ3n) is 6.59. The Morgan fingerprint density at radius 2 is 1.73 bits per heavy atom. The molecule has 2 N–H and O–H groups in total. The summed E-state index contributed by atoms with van der Waals surface area (Å²) < 4.78 is 54.3. The van der Waals surface area contributed by atoms with E-state index in [9.17, 15) is 27.2 Å². The lowest BCUT2D eigenvalue weighted by Crippen LogP contribution is -2.52. The number of amides is 2. The van der Waals surface area contributed by atoms with E-state index in [0.717, 1.165) is 17.7 Å². The first kappa shape index (κ1) is 28.9. The number of benzene rings is 2. The van der Waals surface area contributed by atoms with Gasteiger partial charge in [0.1, 0.15) is 5.82 Å². The second kappa shape index (κ2) is 12.7. The highest BCUT2D eigenvalue weighted by Gasteiger charge is 2.34. The number of hydrogen-bond acceptors (Lipinski definition) is 4. The highest BCUT2D eigenvalue weighted by molar-refractivity contribution is 6.30. The van der Waals surface area contributed by atoms with Crippen LogP contribution < -0.4 is 5.73 Å². The largest absolute Gasteiger partial charge is 0.416 e. The maximum atomic E-state index is 15.0. The van der Waals surface area contributed by atoms with Crippen molar-refractivity contribution in [1.29, 1.82) is 0 Å². The Hall–Kier alpha value is -2.69. The molecule has 1 saturated heterocycles. The molecule has 0 saturated carbocycles. The summed E-state index contributed by atoms with van der Waals surface area (Å²) in [5.74, 6) is -1.52. The number of carbonyl (C=O) groups excluding carboxylic acids is 2. The number of aryl methyl sites for hydroxylation is 1. The molecule has 3 rings (SSSR count).